The number of aliphatic hydroxyl groups is 1. The van der Waals surface area contributed by atoms with Crippen molar-refractivity contribution in [2.24, 2.45) is 4.99 Å². The minimum atomic E-state index is -0.271. The molecule has 2 aromatic carbocycles. The number of ketones is 1. The van der Waals surface area contributed by atoms with Crippen molar-refractivity contribution in [3.8, 4) is 5.75 Å². The number of aliphatic imine (C=N–C) groups is 1. The molecule has 2 aromatic rings. The van der Waals surface area contributed by atoms with Crippen LogP contribution in [0.3, 0.4) is 0 Å². The lowest BCUT2D eigenvalue weighted by molar-refractivity contribution is 0.0677. The van der Waals surface area contributed by atoms with Gasteiger partial charge in [0.25, 0.3) is 5.91 Å². The summed E-state index contributed by atoms with van der Waals surface area (Å²) in [5, 5.41) is 9.49. The number of carbonyl (C=O) groups is 2. The molecule has 2 heterocycles. The molecular formula is C26H30N2O4. The van der Waals surface area contributed by atoms with Crippen LogP contribution in [0.1, 0.15) is 65.0 Å². The molecule has 1 fully saturated rings. The van der Waals surface area contributed by atoms with E-state index in [1.807, 2.05) is 18.2 Å². The summed E-state index contributed by atoms with van der Waals surface area (Å²) in [6.07, 6.45) is 2.73. The molecule has 32 heavy (non-hydrogen) atoms. The molecule has 6 nitrogen and oxygen atoms in total. The molecule has 0 aliphatic carbocycles. The first-order valence-electron chi connectivity index (χ1n) is 11.1. The summed E-state index contributed by atoms with van der Waals surface area (Å²) in [5.74, 6) is 0.609. The highest BCUT2D eigenvalue weighted by molar-refractivity contribution is 6.17. The minimum Gasteiger partial charge on any atom is -0.497 e. The van der Waals surface area contributed by atoms with E-state index < -0.39 is 0 Å². The smallest absolute Gasteiger partial charge is 0.254 e. The van der Waals surface area contributed by atoms with Gasteiger partial charge in [-0.05, 0) is 62.9 Å². The lowest BCUT2D eigenvalue weighted by atomic mass is 9.85. The van der Waals surface area contributed by atoms with Gasteiger partial charge in [0.15, 0.2) is 5.78 Å². The molecular weight excluding hydrogens is 404 g/mol. The third-order valence-corrected chi connectivity index (χ3v) is 6.32. The van der Waals surface area contributed by atoms with Crippen LogP contribution in [0.5, 0.6) is 5.75 Å². The number of carbonyl (C=O) groups excluding carboxylic acids is 2. The standard InChI is InChI=1S/C26H30N2O4/c1-26(2)15-19-10-11-21(32-3)13-22(19)23(27-26)14-24(30)17-6-8-18(9-7-17)25(31)28-12-4-5-20(28)16-29/h6-11,13,20,29H,4-5,12,14-16H2,1-3H3/t20-/m1/s1. The number of Topliss-reactive ketones (excluding diaryl/α,β-unsaturated/α-hetero) is 1. The molecule has 1 N–H and O–H groups in total. The van der Waals surface area contributed by atoms with E-state index in [4.69, 9.17) is 9.73 Å². The van der Waals surface area contributed by atoms with Crippen LogP contribution in [0.15, 0.2) is 47.5 Å². The molecule has 6 heteroatoms. The van der Waals surface area contributed by atoms with Crippen LogP contribution in [0, 0.1) is 0 Å². The van der Waals surface area contributed by atoms with Crippen molar-refractivity contribution in [3.05, 3.63) is 64.7 Å². The quantitative estimate of drug-likeness (QED) is 0.704. The van der Waals surface area contributed by atoms with Crippen molar-refractivity contribution in [1.82, 2.24) is 4.90 Å². The van der Waals surface area contributed by atoms with E-state index in [0.717, 1.165) is 36.3 Å². The number of rotatable bonds is 6. The number of aliphatic hydroxyl groups excluding tert-OH is 1. The predicted molar refractivity (Wildman–Crippen MR) is 124 cm³/mol. The molecule has 1 atom stereocenters. The fourth-order valence-electron chi connectivity index (χ4n) is 4.68. The van der Waals surface area contributed by atoms with Crippen LogP contribution >= 0.6 is 0 Å². The van der Waals surface area contributed by atoms with Crippen LogP contribution in [-0.2, 0) is 6.42 Å². The van der Waals surface area contributed by atoms with Gasteiger partial charge in [0.05, 0.1) is 37.4 Å². The van der Waals surface area contributed by atoms with E-state index >= 15 is 0 Å². The molecule has 2 aliphatic rings. The Morgan fingerprint density at radius 1 is 1.16 bits per heavy atom. The van der Waals surface area contributed by atoms with Gasteiger partial charge in [-0.3, -0.25) is 14.6 Å². The van der Waals surface area contributed by atoms with Gasteiger partial charge >= 0.3 is 0 Å². The first-order chi connectivity index (χ1) is 15.3. The van der Waals surface area contributed by atoms with E-state index in [9.17, 15) is 14.7 Å². The highest BCUT2D eigenvalue weighted by Crippen LogP contribution is 2.31. The molecule has 4 rings (SSSR count). The monoisotopic (exact) mass is 434 g/mol. The van der Waals surface area contributed by atoms with E-state index in [1.54, 1.807) is 36.3 Å². The predicted octanol–water partition coefficient (Wildman–Crippen LogP) is 3.69. The fraction of sp³-hybridized carbons (Fsp3) is 0.423. The van der Waals surface area contributed by atoms with Gasteiger partial charge < -0.3 is 14.7 Å². The summed E-state index contributed by atoms with van der Waals surface area (Å²) in [6, 6.07) is 12.6. The number of nitrogens with zero attached hydrogens (tertiary/aromatic N) is 2. The van der Waals surface area contributed by atoms with Crippen LogP contribution in [-0.4, -0.2) is 59.3 Å². The Morgan fingerprint density at radius 3 is 2.56 bits per heavy atom. The highest BCUT2D eigenvalue weighted by atomic mass is 16.5. The summed E-state index contributed by atoms with van der Waals surface area (Å²) >= 11 is 0. The molecule has 0 saturated carbocycles. The normalized spacial score (nSPS) is 19.3. The average molecular weight is 435 g/mol. The van der Waals surface area contributed by atoms with E-state index in [1.165, 1.54) is 5.56 Å². The molecule has 1 saturated heterocycles. The molecule has 1 amide bonds. The summed E-state index contributed by atoms with van der Waals surface area (Å²) in [7, 11) is 1.63. The van der Waals surface area contributed by atoms with Crippen molar-refractivity contribution in [1.29, 1.82) is 0 Å². The zero-order valence-corrected chi connectivity index (χ0v) is 18.9. The summed E-state index contributed by atoms with van der Waals surface area (Å²) < 4.78 is 5.37. The second-order valence-corrected chi connectivity index (χ2v) is 9.23. The van der Waals surface area contributed by atoms with Crippen LogP contribution in [0.2, 0.25) is 0 Å². The minimum absolute atomic E-state index is 0.0208. The van der Waals surface area contributed by atoms with Crippen molar-refractivity contribution in [2.75, 3.05) is 20.3 Å². The van der Waals surface area contributed by atoms with Gasteiger partial charge in [0, 0.05) is 23.2 Å². The summed E-state index contributed by atoms with van der Waals surface area (Å²) in [4.78, 5) is 32.5. The third-order valence-electron chi connectivity index (χ3n) is 6.32. The van der Waals surface area contributed by atoms with Gasteiger partial charge in [0.1, 0.15) is 5.75 Å². The Kier molecular flexibility index (Phi) is 6.15. The SMILES string of the molecule is COc1ccc2c(c1)C(CC(=O)c1ccc(C(=O)N3CCC[C@@H]3CO)cc1)=NC(C)(C)C2. The molecule has 0 unspecified atom stereocenters. The number of fused-ring (bicyclic) bond motifs is 1. The van der Waals surface area contributed by atoms with Crippen molar-refractivity contribution < 1.29 is 19.4 Å². The van der Waals surface area contributed by atoms with Crippen LogP contribution in [0.25, 0.3) is 0 Å². The molecule has 0 radical (unpaired) electrons. The van der Waals surface area contributed by atoms with E-state index in [0.29, 0.717) is 17.7 Å². The fourth-order valence-corrected chi connectivity index (χ4v) is 4.68. The van der Waals surface area contributed by atoms with Crippen molar-refractivity contribution >= 4 is 17.4 Å². The number of hydrogen-bond donors (Lipinski definition) is 1. The van der Waals surface area contributed by atoms with E-state index in [2.05, 4.69) is 13.8 Å². The largest absolute Gasteiger partial charge is 0.497 e. The number of benzene rings is 2. The topological polar surface area (TPSA) is 79.2 Å². The van der Waals surface area contributed by atoms with Gasteiger partial charge in [-0.25, -0.2) is 0 Å². The molecule has 0 aromatic heterocycles. The highest BCUT2D eigenvalue weighted by Gasteiger charge is 2.30. The summed E-state index contributed by atoms with van der Waals surface area (Å²) in [5.41, 5.74) is 3.71. The van der Waals surface area contributed by atoms with Gasteiger partial charge in [-0.15, -0.1) is 0 Å². The lowest BCUT2D eigenvalue weighted by Gasteiger charge is -2.29. The number of hydrogen-bond acceptors (Lipinski definition) is 5. The molecule has 0 spiro atoms. The Balaban J connectivity index is 1.53. The first-order valence-corrected chi connectivity index (χ1v) is 11.1. The second-order valence-electron chi connectivity index (χ2n) is 9.23. The Hall–Kier alpha value is -2.99. The third kappa shape index (κ3) is 4.46. The molecule has 0 bridgehead atoms. The number of amides is 1. The van der Waals surface area contributed by atoms with E-state index in [-0.39, 0.29) is 36.3 Å². The Morgan fingerprint density at radius 2 is 1.88 bits per heavy atom. The number of ether oxygens (including phenoxy) is 1. The molecule has 2 aliphatic heterocycles. The van der Waals surface area contributed by atoms with Gasteiger partial charge in [-0.1, -0.05) is 18.2 Å². The Bertz CT molecular complexity index is 1060. The zero-order chi connectivity index (χ0) is 22.9. The second kappa shape index (κ2) is 8.87. The molecule has 168 valence electrons. The van der Waals surface area contributed by atoms with Gasteiger partial charge in [-0.2, -0.15) is 0 Å². The first kappa shape index (κ1) is 22.2. The van der Waals surface area contributed by atoms with Gasteiger partial charge in [0.2, 0.25) is 0 Å². The average Bonchev–Trinajstić information content (AvgIpc) is 3.26. The maximum absolute atomic E-state index is 13.1. The van der Waals surface area contributed by atoms with Crippen molar-refractivity contribution in [2.45, 2.75) is 51.1 Å². The number of methoxy groups -OCH3 is 1. The number of likely N-dealkylation sites (tertiary alicyclic amines) is 1. The van der Waals surface area contributed by atoms with Crippen molar-refractivity contribution in [3.63, 3.8) is 0 Å². The zero-order valence-electron chi connectivity index (χ0n) is 18.9. The summed E-state index contributed by atoms with van der Waals surface area (Å²) in [6.45, 7) is 4.78. The van der Waals surface area contributed by atoms with Crippen LogP contribution < -0.4 is 4.74 Å². The Labute approximate surface area is 188 Å². The maximum atomic E-state index is 13.1. The van der Waals surface area contributed by atoms with Crippen LogP contribution in [0.4, 0.5) is 0 Å². The lowest BCUT2D eigenvalue weighted by Crippen LogP contribution is -2.37. The maximum Gasteiger partial charge on any atom is 0.254 e.